The van der Waals surface area contributed by atoms with Crippen LogP contribution >= 0.6 is 0 Å². The minimum atomic E-state index is 0.362. The zero-order valence-corrected chi connectivity index (χ0v) is 9.30. The lowest BCUT2D eigenvalue weighted by Crippen LogP contribution is -2.08. The Labute approximate surface area is 94.6 Å². The minimum Gasteiger partial charge on any atom is -0.491 e. The Bertz CT molecular complexity index is 345. The monoisotopic (exact) mass is 221 g/mol. The molecule has 86 valence electrons. The first kappa shape index (κ1) is 12.4. The van der Waals surface area contributed by atoms with Gasteiger partial charge in [-0.15, -0.1) is 0 Å². The average molecular weight is 221 g/mol. The van der Waals surface area contributed by atoms with Gasteiger partial charge < -0.3 is 9.47 Å². The molecule has 0 aliphatic carbocycles. The molecular weight excluding hydrogens is 206 g/mol. The van der Waals surface area contributed by atoms with Gasteiger partial charge in [0.15, 0.2) is 0 Å². The van der Waals surface area contributed by atoms with Crippen molar-refractivity contribution < 1.29 is 9.47 Å². The molecule has 0 spiro atoms. The van der Waals surface area contributed by atoms with Crippen LogP contribution in [0.25, 0.3) is 10.4 Å². The number of azide groups is 1. The van der Waals surface area contributed by atoms with Crippen molar-refractivity contribution in [2.45, 2.75) is 6.92 Å². The lowest BCUT2D eigenvalue weighted by atomic mass is 10.2. The van der Waals surface area contributed by atoms with Gasteiger partial charge in [-0.25, -0.2) is 0 Å². The molecule has 0 unspecified atom stereocenters. The summed E-state index contributed by atoms with van der Waals surface area (Å²) in [4.78, 5) is 2.62. The predicted molar refractivity (Wildman–Crippen MR) is 61.5 cm³/mol. The molecule has 1 rings (SSSR count). The maximum atomic E-state index is 8.02. The van der Waals surface area contributed by atoms with E-state index >= 15 is 0 Å². The third-order valence-electron chi connectivity index (χ3n) is 1.92. The van der Waals surface area contributed by atoms with E-state index in [1.54, 1.807) is 0 Å². The molecule has 0 heterocycles. The van der Waals surface area contributed by atoms with Crippen LogP contribution < -0.4 is 4.74 Å². The summed E-state index contributed by atoms with van der Waals surface area (Å²) in [5, 5.41) is 3.35. The van der Waals surface area contributed by atoms with Crippen LogP contribution in [-0.2, 0) is 4.74 Å². The molecule has 0 fully saturated rings. The SMILES string of the molecule is Cc1ccc(OCCOCCN=[N+]=[N-])cc1. The van der Waals surface area contributed by atoms with Crippen LogP contribution in [-0.4, -0.2) is 26.4 Å². The van der Waals surface area contributed by atoms with Crippen molar-refractivity contribution in [1.29, 1.82) is 0 Å². The number of hydrogen-bond donors (Lipinski definition) is 0. The maximum absolute atomic E-state index is 8.02. The van der Waals surface area contributed by atoms with Crippen LogP contribution in [0.15, 0.2) is 29.4 Å². The molecule has 16 heavy (non-hydrogen) atoms. The highest BCUT2D eigenvalue weighted by molar-refractivity contribution is 5.26. The third kappa shape index (κ3) is 5.24. The van der Waals surface area contributed by atoms with E-state index in [9.17, 15) is 0 Å². The van der Waals surface area contributed by atoms with E-state index in [2.05, 4.69) is 10.0 Å². The molecule has 0 aliphatic heterocycles. The number of benzene rings is 1. The Kier molecular flexibility index (Phi) is 5.84. The van der Waals surface area contributed by atoms with Crippen molar-refractivity contribution in [3.63, 3.8) is 0 Å². The van der Waals surface area contributed by atoms with Crippen LogP contribution in [0.5, 0.6) is 5.75 Å². The van der Waals surface area contributed by atoms with Crippen LogP contribution in [0.3, 0.4) is 0 Å². The Morgan fingerprint density at radius 2 is 1.94 bits per heavy atom. The first-order valence-corrected chi connectivity index (χ1v) is 5.11. The molecule has 5 nitrogen and oxygen atoms in total. The average Bonchev–Trinajstić information content (AvgIpc) is 2.30. The van der Waals surface area contributed by atoms with Crippen molar-refractivity contribution in [1.82, 2.24) is 0 Å². The summed E-state index contributed by atoms with van der Waals surface area (Å²) in [5.41, 5.74) is 9.22. The van der Waals surface area contributed by atoms with Crippen LogP contribution in [0, 0.1) is 6.92 Å². The van der Waals surface area contributed by atoms with Gasteiger partial charge in [0.05, 0.1) is 13.2 Å². The summed E-state index contributed by atoms with van der Waals surface area (Å²) >= 11 is 0. The molecule has 0 aliphatic rings. The highest BCUT2D eigenvalue weighted by atomic mass is 16.5. The van der Waals surface area contributed by atoms with Gasteiger partial charge in [-0.3, -0.25) is 0 Å². The summed E-state index contributed by atoms with van der Waals surface area (Å²) in [5.74, 6) is 0.837. The summed E-state index contributed by atoms with van der Waals surface area (Å²) in [6, 6.07) is 7.85. The first-order chi connectivity index (χ1) is 7.83. The van der Waals surface area contributed by atoms with E-state index in [-0.39, 0.29) is 0 Å². The van der Waals surface area contributed by atoms with Crippen LogP contribution in [0.2, 0.25) is 0 Å². The molecule has 0 bridgehead atoms. The highest BCUT2D eigenvalue weighted by Crippen LogP contribution is 2.10. The molecule has 0 atom stereocenters. The largest absolute Gasteiger partial charge is 0.491 e. The fourth-order valence-electron chi connectivity index (χ4n) is 1.11. The van der Waals surface area contributed by atoms with Crippen molar-refractivity contribution in [2.75, 3.05) is 26.4 Å². The standard InChI is InChI=1S/C11H15N3O2/c1-10-2-4-11(5-3-10)16-9-8-15-7-6-13-14-12/h2-5H,6-9H2,1H3. The van der Waals surface area contributed by atoms with Gasteiger partial charge in [-0.05, 0) is 24.6 Å². The number of rotatable bonds is 7. The normalized spacial score (nSPS) is 9.56. The quantitative estimate of drug-likeness (QED) is 0.307. The van der Waals surface area contributed by atoms with Gasteiger partial charge in [-0.2, -0.15) is 0 Å². The lowest BCUT2D eigenvalue weighted by molar-refractivity contribution is 0.106. The van der Waals surface area contributed by atoms with Crippen molar-refractivity contribution in [3.8, 4) is 5.75 Å². The van der Waals surface area contributed by atoms with E-state index in [0.717, 1.165) is 5.75 Å². The van der Waals surface area contributed by atoms with Gasteiger partial charge in [0.1, 0.15) is 12.4 Å². The predicted octanol–water partition coefficient (Wildman–Crippen LogP) is 2.70. The van der Waals surface area contributed by atoms with Crippen LogP contribution in [0.1, 0.15) is 5.56 Å². The highest BCUT2D eigenvalue weighted by Gasteiger charge is 1.93. The molecule has 0 radical (unpaired) electrons. The van der Waals surface area contributed by atoms with E-state index < -0.39 is 0 Å². The Morgan fingerprint density at radius 3 is 2.62 bits per heavy atom. The first-order valence-electron chi connectivity index (χ1n) is 5.11. The Balaban J connectivity index is 2.07. The fourth-order valence-corrected chi connectivity index (χ4v) is 1.11. The summed E-state index contributed by atoms with van der Waals surface area (Å²) in [6.45, 7) is 3.82. The molecule has 0 saturated carbocycles. The van der Waals surface area contributed by atoms with Gasteiger partial charge in [0.2, 0.25) is 0 Å². The maximum Gasteiger partial charge on any atom is 0.119 e. The van der Waals surface area contributed by atoms with E-state index in [1.807, 2.05) is 31.2 Å². The Hall–Kier alpha value is -1.71. The zero-order valence-electron chi connectivity index (χ0n) is 9.30. The summed E-state index contributed by atoms with van der Waals surface area (Å²) in [6.07, 6.45) is 0. The number of hydrogen-bond acceptors (Lipinski definition) is 3. The van der Waals surface area contributed by atoms with Crippen molar-refractivity contribution in [2.24, 2.45) is 5.11 Å². The number of nitrogens with zero attached hydrogens (tertiary/aromatic N) is 3. The summed E-state index contributed by atoms with van der Waals surface area (Å²) in [7, 11) is 0. The molecule has 0 saturated heterocycles. The molecule has 0 aromatic heterocycles. The van der Waals surface area contributed by atoms with Crippen LogP contribution in [0.4, 0.5) is 0 Å². The molecule has 1 aromatic carbocycles. The molecule has 1 aromatic rings. The molecule has 0 N–H and O–H groups in total. The van der Waals surface area contributed by atoms with Crippen molar-refractivity contribution >= 4 is 0 Å². The second-order valence-corrected chi connectivity index (χ2v) is 3.23. The topological polar surface area (TPSA) is 67.2 Å². The lowest BCUT2D eigenvalue weighted by Gasteiger charge is -2.06. The third-order valence-corrected chi connectivity index (χ3v) is 1.92. The fraction of sp³-hybridized carbons (Fsp3) is 0.455. The molecular formula is C11H15N3O2. The Morgan fingerprint density at radius 1 is 1.19 bits per heavy atom. The van der Waals surface area contributed by atoms with Crippen molar-refractivity contribution in [3.05, 3.63) is 40.3 Å². The van der Waals surface area contributed by atoms with E-state index in [1.165, 1.54) is 5.56 Å². The minimum absolute atomic E-state index is 0.362. The van der Waals surface area contributed by atoms with E-state index in [4.69, 9.17) is 15.0 Å². The molecule has 0 amide bonds. The second-order valence-electron chi connectivity index (χ2n) is 3.23. The zero-order chi connectivity index (χ0) is 11.6. The van der Waals surface area contributed by atoms with Gasteiger partial charge >= 0.3 is 0 Å². The molecule has 5 heteroatoms. The number of aryl methyl sites for hydroxylation is 1. The second kappa shape index (κ2) is 7.56. The van der Waals surface area contributed by atoms with Gasteiger partial charge in [0.25, 0.3) is 0 Å². The van der Waals surface area contributed by atoms with E-state index in [0.29, 0.717) is 26.4 Å². The number of ether oxygens (including phenoxy) is 2. The smallest absolute Gasteiger partial charge is 0.119 e. The summed E-state index contributed by atoms with van der Waals surface area (Å²) < 4.78 is 10.6. The van der Waals surface area contributed by atoms with Gasteiger partial charge in [-0.1, -0.05) is 22.8 Å². The van der Waals surface area contributed by atoms with Gasteiger partial charge in [0, 0.05) is 11.5 Å².